The molecule has 0 aromatic carbocycles. The Kier molecular flexibility index (Phi) is 8.05. The first-order chi connectivity index (χ1) is 11.5. The van der Waals surface area contributed by atoms with Crippen LogP contribution in [0.4, 0.5) is 5.82 Å². The molecule has 0 radical (unpaired) electrons. The van der Waals surface area contributed by atoms with E-state index in [2.05, 4.69) is 28.4 Å². The molecule has 0 aliphatic heterocycles. The first-order valence-corrected chi connectivity index (χ1v) is 8.78. The number of nitrogens with one attached hydrogen (secondary N) is 1. The molecule has 0 aliphatic carbocycles. The second-order valence-corrected chi connectivity index (χ2v) is 5.96. The van der Waals surface area contributed by atoms with Gasteiger partial charge in [-0.2, -0.15) is 11.8 Å². The molecule has 2 heterocycles. The molecule has 2 aromatic rings. The molecule has 0 saturated heterocycles. The average molecular weight is 349 g/mol. The summed E-state index contributed by atoms with van der Waals surface area (Å²) < 4.78 is 5.63. The van der Waals surface area contributed by atoms with Crippen molar-refractivity contribution in [2.24, 2.45) is 0 Å². The van der Waals surface area contributed by atoms with Crippen molar-refractivity contribution in [2.75, 3.05) is 17.3 Å². The molecule has 0 saturated carbocycles. The highest BCUT2D eigenvalue weighted by molar-refractivity contribution is 7.98. The molecule has 1 atom stereocenters. The van der Waals surface area contributed by atoms with Gasteiger partial charge in [-0.05, 0) is 32.3 Å². The first kappa shape index (κ1) is 19.8. The minimum atomic E-state index is -0.897. The van der Waals surface area contributed by atoms with Crippen molar-refractivity contribution in [3.8, 4) is 0 Å². The summed E-state index contributed by atoms with van der Waals surface area (Å²) in [5.74, 6) is 1.05. The van der Waals surface area contributed by atoms with E-state index >= 15 is 0 Å². The second-order valence-electron chi connectivity index (χ2n) is 4.97. The number of hydrogen-bond acceptors (Lipinski definition) is 6. The smallest absolute Gasteiger partial charge is 0.326 e. The van der Waals surface area contributed by atoms with Crippen molar-refractivity contribution in [3.05, 3.63) is 43.0 Å². The fourth-order valence-electron chi connectivity index (χ4n) is 1.89. The van der Waals surface area contributed by atoms with Gasteiger partial charge in [-0.1, -0.05) is 25.3 Å². The highest BCUT2D eigenvalue weighted by Gasteiger charge is 2.20. The van der Waals surface area contributed by atoms with E-state index in [4.69, 9.17) is 4.42 Å². The molecule has 1 unspecified atom stereocenters. The van der Waals surface area contributed by atoms with Crippen LogP contribution in [0.1, 0.15) is 17.7 Å². The molecule has 0 amide bonds. The molecular weight excluding hydrogens is 326 g/mol. The molecule has 24 heavy (non-hydrogen) atoms. The van der Waals surface area contributed by atoms with Gasteiger partial charge in [-0.15, -0.1) is 0 Å². The third-order valence-corrected chi connectivity index (χ3v) is 3.97. The van der Waals surface area contributed by atoms with Gasteiger partial charge in [0.25, 0.3) is 0 Å². The largest absolute Gasteiger partial charge is 0.480 e. The van der Waals surface area contributed by atoms with E-state index in [0.717, 1.165) is 17.1 Å². The summed E-state index contributed by atoms with van der Waals surface area (Å²) in [5, 5.41) is 12.2. The van der Waals surface area contributed by atoms with Crippen LogP contribution in [0.25, 0.3) is 11.1 Å². The molecule has 0 bridgehead atoms. The molecule has 0 fully saturated rings. The summed E-state index contributed by atoms with van der Waals surface area (Å²) in [7, 11) is 0. The van der Waals surface area contributed by atoms with Gasteiger partial charge >= 0.3 is 5.97 Å². The van der Waals surface area contributed by atoms with Crippen LogP contribution in [0.2, 0.25) is 0 Å². The predicted octanol–water partition coefficient (Wildman–Crippen LogP) is 3.82. The zero-order valence-electron chi connectivity index (χ0n) is 14.2. The summed E-state index contributed by atoms with van der Waals surface area (Å²) in [6, 6.07) is -0.689. The summed E-state index contributed by atoms with van der Waals surface area (Å²) in [6.45, 7) is 10.5. The van der Waals surface area contributed by atoms with E-state index in [1.807, 2.05) is 20.1 Å². The summed E-state index contributed by atoms with van der Waals surface area (Å²) in [5.41, 5.74) is 2.17. The van der Waals surface area contributed by atoms with Crippen molar-refractivity contribution < 1.29 is 14.3 Å². The van der Waals surface area contributed by atoms with Crippen LogP contribution in [0.3, 0.4) is 0 Å². The van der Waals surface area contributed by atoms with Gasteiger partial charge in [0.1, 0.15) is 23.6 Å². The molecule has 7 heteroatoms. The highest BCUT2D eigenvalue weighted by atomic mass is 32.2. The molecule has 2 aromatic heterocycles. The Bertz CT molecular complexity index is 706. The van der Waals surface area contributed by atoms with E-state index in [0.29, 0.717) is 23.3 Å². The second kappa shape index (κ2) is 9.77. The van der Waals surface area contributed by atoms with E-state index in [1.54, 1.807) is 23.9 Å². The number of rotatable bonds is 7. The number of furan rings is 1. The maximum Gasteiger partial charge on any atom is 0.326 e. The number of anilines is 1. The van der Waals surface area contributed by atoms with Crippen LogP contribution < -0.4 is 5.32 Å². The lowest BCUT2D eigenvalue weighted by molar-refractivity contribution is -0.137. The van der Waals surface area contributed by atoms with Gasteiger partial charge < -0.3 is 14.8 Å². The lowest BCUT2D eigenvalue weighted by Crippen LogP contribution is -2.30. The zero-order valence-corrected chi connectivity index (χ0v) is 15.0. The Morgan fingerprint density at radius 3 is 2.62 bits per heavy atom. The number of aromatic nitrogens is 2. The van der Waals surface area contributed by atoms with Crippen LogP contribution in [0.5, 0.6) is 0 Å². The summed E-state index contributed by atoms with van der Waals surface area (Å²) >= 11 is 1.61. The first-order valence-electron chi connectivity index (χ1n) is 7.38. The number of aryl methyl sites for hydroxylation is 2. The Morgan fingerprint density at radius 1 is 1.42 bits per heavy atom. The van der Waals surface area contributed by atoms with Crippen molar-refractivity contribution in [3.63, 3.8) is 0 Å². The van der Waals surface area contributed by atoms with Crippen molar-refractivity contribution in [2.45, 2.75) is 26.3 Å². The molecule has 0 aliphatic rings. The topological polar surface area (TPSA) is 88.3 Å². The normalized spacial score (nSPS) is 11.3. The van der Waals surface area contributed by atoms with Gasteiger partial charge in [0.05, 0.1) is 0 Å². The van der Waals surface area contributed by atoms with Crippen LogP contribution in [-0.2, 0) is 4.79 Å². The number of carboxylic acid groups (broad SMARTS) is 1. The maximum absolute atomic E-state index is 11.3. The molecular formula is C17H23N3O3S. The van der Waals surface area contributed by atoms with Crippen LogP contribution >= 0.6 is 11.8 Å². The SMILES string of the molecule is C=CC=C.CSCCC(Nc1ncnc2c(C)c(C)oc12)C(=O)O. The monoisotopic (exact) mass is 349 g/mol. The molecule has 0 spiro atoms. The minimum Gasteiger partial charge on any atom is -0.480 e. The van der Waals surface area contributed by atoms with E-state index < -0.39 is 12.0 Å². The van der Waals surface area contributed by atoms with Gasteiger partial charge in [0, 0.05) is 5.56 Å². The summed E-state index contributed by atoms with van der Waals surface area (Å²) in [6.07, 6.45) is 7.15. The maximum atomic E-state index is 11.3. The van der Waals surface area contributed by atoms with E-state index in [9.17, 15) is 9.90 Å². The quantitative estimate of drug-likeness (QED) is 0.735. The van der Waals surface area contributed by atoms with Crippen LogP contribution in [-0.4, -0.2) is 39.1 Å². The Balaban J connectivity index is 0.000000648. The minimum absolute atomic E-state index is 0.430. The number of carbonyl (C=O) groups is 1. The highest BCUT2D eigenvalue weighted by Crippen LogP contribution is 2.27. The van der Waals surface area contributed by atoms with Crippen molar-refractivity contribution >= 4 is 34.6 Å². The third-order valence-electron chi connectivity index (χ3n) is 3.33. The van der Waals surface area contributed by atoms with Gasteiger partial charge in [-0.3, -0.25) is 0 Å². The van der Waals surface area contributed by atoms with Gasteiger partial charge in [-0.25, -0.2) is 14.8 Å². The number of hydrogen-bond donors (Lipinski definition) is 2. The number of thioether (sulfide) groups is 1. The van der Waals surface area contributed by atoms with E-state index in [-0.39, 0.29) is 0 Å². The Morgan fingerprint density at radius 2 is 2.08 bits per heavy atom. The Labute approximate surface area is 146 Å². The van der Waals surface area contributed by atoms with Crippen molar-refractivity contribution in [1.82, 2.24) is 9.97 Å². The molecule has 2 rings (SSSR count). The number of aliphatic carboxylic acids is 1. The standard InChI is InChI=1S/C13H17N3O3S.C4H6/c1-7-8(2)19-11-10(7)14-6-15-12(11)16-9(13(17)18)4-5-20-3;1-3-4-2/h6,9H,4-5H2,1-3H3,(H,17,18)(H,14,15,16);3-4H,1-2H2. The predicted molar refractivity (Wildman–Crippen MR) is 99.7 cm³/mol. The summed E-state index contributed by atoms with van der Waals surface area (Å²) in [4.78, 5) is 19.6. The number of carboxylic acids is 1. The molecule has 2 N–H and O–H groups in total. The number of fused-ring (bicyclic) bond motifs is 1. The zero-order chi connectivity index (χ0) is 18.1. The third kappa shape index (κ3) is 5.13. The fraction of sp³-hybridized carbons (Fsp3) is 0.353. The fourth-order valence-corrected chi connectivity index (χ4v) is 2.37. The Hall–Kier alpha value is -2.28. The molecule has 130 valence electrons. The van der Waals surface area contributed by atoms with E-state index in [1.165, 1.54) is 6.33 Å². The molecule has 6 nitrogen and oxygen atoms in total. The van der Waals surface area contributed by atoms with Crippen LogP contribution in [0.15, 0.2) is 36.1 Å². The lowest BCUT2D eigenvalue weighted by Gasteiger charge is -2.14. The van der Waals surface area contributed by atoms with Crippen molar-refractivity contribution in [1.29, 1.82) is 0 Å². The lowest BCUT2D eigenvalue weighted by atomic mass is 10.2. The number of nitrogens with zero attached hydrogens (tertiary/aromatic N) is 2. The average Bonchev–Trinajstić information content (AvgIpc) is 2.87. The van der Waals surface area contributed by atoms with Crippen LogP contribution in [0, 0.1) is 13.8 Å². The number of allylic oxidation sites excluding steroid dienone is 2. The van der Waals surface area contributed by atoms with Gasteiger partial charge in [0.15, 0.2) is 11.4 Å². The van der Waals surface area contributed by atoms with Gasteiger partial charge in [0.2, 0.25) is 0 Å².